The van der Waals surface area contributed by atoms with Gasteiger partial charge in [0.05, 0.1) is 18.0 Å². The van der Waals surface area contributed by atoms with E-state index < -0.39 is 0 Å². The summed E-state index contributed by atoms with van der Waals surface area (Å²) in [5, 5.41) is -0.0440. The number of ether oxygens (including phenoxy) is 1. The first kappa shape index (κ1) is 10.9. The Morgan fingerprint density at radius 3 is 2.94 bits per heavy atom. The van der Waals surface area contributed by atoms with Crippen LogP contribution in [0.5, 0.6) is 5.75 Å². The molecule has 2 unspecified atom stereocenters. The Bertz CT molecular complexity index is 449. The summed E-state index contributed by atoms with van der Waals surface area (Å²) < 4.78 is 5.60. The number of carbonyl (C=O) groups is 1. The number of halogens is 1. The molecular weight excluding hydrogens is 238 g/mol. The van der Waals surface area contributed by atoms with Crippen molar-refractivity contribution in [3.8, 4) is 5.75 Å². The number of hydrogen-bond donors (Lipinski definition) is 0. The van der Waals surface area contributed by atoms with Crippen LogP contribution in [0.3, 0.4) is 0 Å². The van der Waals surface area contributed by atoms with Crippen molar-refractivity contribution in [1.82, 2.24) is 4.90 Å². The molecule has 0 bridgehead atoms. The molecule has 1 aromatic rings. The molecule has 0 N–H and O–H groups in total. The van der Waals surface area contributed by atoms with Crippen molar-refractivity contribution >= 4 is 17.5 Å². The Labute approximate surface area is 105 Å². The van der Waals surface area contributed by atoms with E-state index in [-0.39, 0.29) is 17.3 Å². The van der Waals surface area contributed by atoms with E-state index in [9.17, 15) is 4.79 Å². The maximum absolute atomic E-state index is 11.9. The minimum atomic E-state index is -0.0440. The van der Waals surface area contributed by atoms with Crippen LogP contribution in [-0.4, -0.2) is 29.3 Å². The van der Waals surface area contributed by atoms with E-state index in [0.29, 0.717) is 19.6 Å². The highest BCUT2D eigenvalue weighted by Gasteiger charge is 2.36. The van der Waals surface area contributed by atoms with Crippen molar-refractivity contribution in [3.63, 3.8) is 0 Å². The van der Waals surface area contributed by atoms with Gasteiger partial charge in [0.1, 0.15) is 5.75 Å². The van der Waals surface area contributed by atoms with Gasteiger partial charge in [0.25, 0.3) is 0 Å². The molecule has 90 valence electrons. The highest BCUT2D eigenvalue weighted by Crippen LogP contribution is 2.38. The molecule has 1 saturated heterocycles. The average Bonchev–Trinajstić information content (AvgIpc) is 2.68. The van der Waals surface area contributed by atoms with Crippen LogP contribution in [0.25, 0.3) is 0 Å². The van der Waals surface area contributed by atoms with Crippen LogP contribution in [0.4, 0.5) is 0 Å². The normalized spacial score (nSPS) is 27.8. The van der Waals surface area contributed by atoms with Crippen molar-refractivity contribution in [1.29, 1.82) is 0 Å². The maximum Gasteiger partial charge on any atom is 0.224 e. The molecule has 4 heteroatoms. The molecule has 2 aliphatic heterocycles. The fourth-order valence-corrected chi connectivity index (χ4v) is 2.92. The third-order valence-electron chi connectivity index (χ3n) is 3.41. The van der Waals surface area contributed by atoms with Crippen LogP contribution in [0.1, 0.15) is 24.4 Å². The van der Waals surface area contributed by atoms with Crippen molar-refractivity contribution in [2.75, 3.05) is 13.2 Å². The van der Waals surface area contributed by atoms with Gasteiger partial charge < -0.3 is 9.64 Å². The fraction of sp³-hybridized carbons (Fsp3) is 0.462. The Morgan fingerprint density at radius 2 is 2.18 bits per heavy atom. The molecule has 0 aliphatic carbocycles. The zero-order valence-electron chi connectivity index (χ0n) is 9.43. The second-order valence-corrected chi connectivity index (χ2v) is 5.16. The lowest BCUT2D eigenvalue weighted by Crippen LogP contribution is -2.33. The summed E-state index contributed by atoms with van der Waals surface area (Å²) in [5.74, 6) is 1.06. The Kier molecular flexibility index (Phi) is 2.71. The summed E-state index contributed by atoms with van der Waals surface area (Å²) >= 11 is 6.05. The predicted octanol–water partition coefficient (Wildman–Crippen LogP) is 2.35. The zero-order chi connectivity index (χ0) is 11.8. The average molecular weight is 252 g/mol. The topological polar surface area (TPSA) is 29.5 Å². The minimum Gasteiger partial charge on any atom is -0.493 e. The lowest BCUT2D eigenvalue weighted by atomic mass is 9.99. The number of likely N-dealkylation sites (tertiary alicyclic amines) is 1. The second-order valence-electron chi connectivity index (χ2n) is 4.54. The Balaban J connectivity index is 1.93. The number of rotatable bonds is 1. The van der Waals surface area contributed by atoms with Crippen LogP contribution in [0.2, 0.25) is 0 Å². The van der Waals surface area contributed by atoms with E-state index in [2.05, 4.69) is 0 Å². The number of hydrogen-bond acceptors (Lipinski definition) is 2. The smallest absolute Gasteiger partial charge is 0.224 e. The van der Waals surface area contributed by atoms with Gasteiger partial charge in [-0.2, -0.15) is 0 Å². The summed E-state index contributed by atoms with van der Waals surface area (Å²) in [7, 11) is 0. The van der Waals surface area contributed by atoms with Crippen LogP contribution < -0.4 is 4.74 Å². The lowest BCUT2D eigenvalue weighted by molar-refractivity contribution is -0.130. The minimum absolute atomic E-state index is 0.0440. The quantitative estimate of drug-likeness (QED) is 0.717. The maximum atomic E-state index is 11.9. The van der Waals surface area contributed by atoms with E-state index in [4.69, 9.17) is 16.3 Å². The number of para-hydroxylation sites is 1. The molecule has 17 heavy (non-hydrogen) atoms. The summed E-state index contributed by atoms with van der Waals surface area (Å²) in [5.41, 5.74) is 1.11. The molecule has 0 spiro atoms. The highest BCUT2D eigenvalue weighted by molar-refractivity contribution is 6.22. The Hall–Kier alpha value is -1.22. The number of carbonyl (C=O) groups excluding carboxylic acids is 1. The number of fused-ring (bicyclic) bond motifs is 1. The SMILES string of the molecule is O=C1CC(Cl)CN1C1CCOc2ccccc21. The molecule has 2 heterocycles. The van der Waals surface area contributed by atoms with Gasteiger partial charge in [-0.15, -0.1) is 11.6 Å². The predicted molar refractivity (Wildman–Crippen MR) is 65.3 cm³/mol. The summed E-state index contributed by atoms with van der Waals surface area (Å²) in [6, 6.07) is 8.07. The fourth-order valence-electron chi connectivity index (χ4n) is 2.63. The molecule has 0 radical (unpaired) electrons. The number of amides is 1. The van der Waals surface area contributed by atoms with Crippen molar-refractivity contribution < 1.29 is 9.53 Å². The third kappa shape index (κ3) is 1.89. The monoisotopic (exact) mass is 251 g/mol. The summed E-state index contributed by atoms with van der Waals surface area (Å²) in [6.45, 7) is 1.32. The van der Waals surface area contributed by atoms with E-state index in [0.717, 1.165) is 17.7 Å². The summed E-state index contributed by atoms with van der Waals surface area (Å²) in [6.07, 6.45) is 1.31. The summed E-state index contributed by atoms with van der Waals surface area (Å²) in [4.78, 5) is 13.8. The molecule has 1 aromatic carbocycles. The van der Waals surface area contributed by atoms with Crippen LogP contribution >= 0.6 is 11.6 Å². The van der Waals surface area contributed by atoms with Gasteiger partial charge >= 0.3 is 0 Å². The van der Waals surface area contributed by atoms with E-state index in [1.54, 1.807) is 0 Å². The van der Waals surface area contributed by atoms with E-state index in [1.807, 2.05) is 29.2 Å². The molecular formula is C13H14ClNO2. The van der Waals surface area contributed by atoms with Crippen LogP contribution in [-0.2, 0) is 4.79 Å². The second kappa shape index (κ2) is 4.22. The van der Waals surface area contributed by atoms with Gasteiger partial charge in [0.15, 0.2) is 0 Å². The van der Waals surface area contributed by atoms with Gasteiger partial charge in [0, 0.05) is 24.9 Å². The van der Waals surface area contributed by atoms with Crippen molar-refractivity contribution in [2.24, 2.45) is 0 Å². The van der Waals surface area contributed by atoms with Gasteiger partial charge in [-0.25, -0.2) is 0 Å². The molecule has 3 rings (SSSR count). The third-order valence-corrected chi connectivity index (χ3v) is 3.71. The number of alkyl halides is 1. The molecule has 2 atom stereocenters. The zero-order valence-corrected chi connectivity index (χ0v) is 10.2. The molecule has 2 aliphatic rings. The van der Waals surface area contributed by atoms with Gasteiger partial charge in [-0.05, 0) is 6.07 Å². The van der Waals surface area contributed by atoms with Crippen LogP contribution in [0.15, 0.2) is 24.3 Å². The first-order valence-electron chi connectivity index (χ1n) is 5.91. The molecule has 3 nitrogen and oxygen atoms in total. The number of benzene rings is 1. The highest BCUT2D eigenvalue weighted by atomic mass is 35.5. The van der Waals surface area contributed by atoms with Gasteiger partial charge in [-0.1, -0.05) is 18.2 Å². The standard InChI is InChI=1S/C13H14ClNO2/c14-9-7-13(16)15(8-9)11-5-6-17-12-4-2-1-3-10(11)12/h1-4,9,11H,5-8H2. The number of nitrogens with zero attached hydrogens (tertiary/aromatic N) is 1. The van der Waals surface area contributed by atoms with Crippen molar-refractivity contribution in [2.45, 2.75) is 24.3 Å². The largest absolute Gasteiger partial charge is 0.493 e. The molecule has 0 aromatic heterocycles. The first-order chi connectivity index (χ1) is 8.25. The van der Waals surface area contributed by atoms with Gasteiger partial charge in [-0.3, -0.25) is 4.79 Å². The van der Waals surface area contributed by atoms with E-state index in [1.165, 1.54) is 0 Å². The van der Waals surface area contributed by atoms with Crippen molar-refractivity contribution in [3.05, 3.63) is 29.8 Å². The lowest BCUT2D eigenvalue weighted by Gasteiger charge is -2.33. The van der Waals surface area contributed by atoms with Gasteiger partial charge in [0.2, 0.25) is 5.91 Å². The molecule has 1 fully saturated rings. The molecule has 0 saturated carbocycles. The molecule has 1 amide bonds. The van der Waals surface area contributed by atoms with Crippen LogP contribution in [0, 0.1) is 0 Å². The Morgan fingerprint density at radius 1 is 1.35 bits per heavy atom. The first-order valence-corrected chi connectivity index (χ1v) is 6.34. The van der Waals surface area contributed by atoms with E-state index >= 15 is 0 Å².